The highest BCUT2D eigenvalue weighted by Gasteiger charge is 2.22. The first-order chi connectivity index (χ1) is 11.6. The van der Waals surface area contributed by atoms with Gasteiger partial charge in [0, 0.05) is 24.7 Å². The van der Waals surface area contributed by atoms with Gasteiger partial charge in [0.25, 0.3) is 0 Å². The Bertz CT molecular complexity index is 608. The SMILES string of the molecule is O=C(CNC(=O)C1CCCC1)Nc1ccc(N2CCCC2)c(Cl)c1. The minimum Gasteiger partial charge on any atom is -0.370 e. The van der Waals surface area contributed by atoms with Crippen molar-refractivity contribution in [1.29, 1.82) is 0 Å². The van der Waals surface area contributed by atoms with Gasteiger partial charge in [0.2, 0.25) is 11.8 Å². The number of nitrogens with zero attached hydrogens (tertiary/aromatic N) is 1. The molecule has 0 unspecified atom stereocenters. The maximum absolute atomic E-state index is 12.0. The third-order valence-electron chi connectivity index (χ3n) is 4.83. The smallest absolute Gasteiger partial charge is 0.243 e. The lowest BCUT2D eigenvalue weighted by atomic mass is 10.1. The lowest BCUT2D eigenvalue weighted by Gasteiger charge is -2.19. The molecular formula is C18H24ClN3O2. The van der Waals surface area contributed by atoms with Crippen molar-refractivity contribution in [2.24, 2.45) is 5.92 Å². The van der Waals surface area contributed by atoms with E-state index in [1.807, 2.05) is 12.1 Å². The molecule has 1 saturated heterocycles. The van der Waals surface area contributed by atoms with Crippen molar-refractivity contribution < 1.29 is 9.59 Å². The van der Waals surface area contributed by atoms with E-state index in [1.54, 1.807) is 6.07 Å². The van der Waals surface area contributed by atoms with Crippen LogP contribution in [0.2, 0.25) is 5.02 Å². The first kappa shape index (κ1) is 17.1. The first-order valence-electron chi connectivity index (χ1n) is 8.75. The predicted octanol–water partition coefficient (Wildman–Crippen LogP) is 3.19. The van der Waals surface area contributed by atoms with E-state index in [2.05, 4.69) is 15.5 Å². The summed E-state index contributed by atoms with van der Waals surface area (Å²) < 4.78 is 0. The van der Waals surface area contributed by atoms with E-state index >= 15 is 0 Å². The van der Waals surface area contributed by atoms with Gasteiger partial charge < -0.3 is 15.5 Å². The zero-order chi connectivity index (χ0) is 16.9. The molecule has 0 atom stereocenters. The Labute approximate surface area is 147 Å². The molecule has 6 heteroatoms. The fourth-order valence-electron chi connectivity index (χ4n) is 3.50. The van der Waals surface area contributed by atoms with Crippen molar-refractivity contribution in [1.82, 2.24) is 5.32 Å². The van der Waals surface area contributed by atoms with Gasteiger partial charge in [0.15, 0.2) is 0 Å². The Kier molecular flexibility index (Phi) is 5.61. The van der Waals surface area contributed by atoms with Crippen LogP contribution in [0.1, 0.15) is 38.5 Å². The lowest BCUT2D eigenvalue weighted by Crippen LogP contribution is -2.36. The van der Waals surface area contributed by atoms with E-state index in [0.717, 1.165) is 44.5 Å². The predicted molar refractivity (Wildman–Crippen MR) is 96.5 cm³/mol. The van der Waals surface area contributed by atoms with Crippen LogP contribution in [0, 0.1) is 5.92 Å². The molecule has 2 N–H and O–H groups in total. The Hall–Kier alpha value is -1.75. The normalized spacial score (nSPS) is 18.0. The molecule has 1 aliphatic heterocycles. The highest BCUT2D eigenvalue weighted by molar-refractivity contribution is 6.33. The average Bonchev–Trinajstić information content (AvgIpc) is 3.26. The number of anilines is 2. The monoisotopic (exact) mass is 349 g/mol. The summed E-state index contributed by atoms with van der Waals surface area (Å²) >= 11 is 6.34. The van der Waals surface area contributed by atoms with Gasteiger partial charge in [-0.15, -0.1) is 0 Å². The zero-order valence-corrected chi connectivity index (χ0v) is 14.6. The van der Waals surface area contributed by atoms with Crippen molar-refractivity contribution in [3.8, 4) is 0 Å². The topological polar surface area (TPSA) is 61.4 Å². The second kappa shape index (κ2) is 7.88. The van der Waals surface area contributed by atoms with Crippen molar-refractivity contribution in [2.45, 2.75) is 38.5 Å². The first-order valence-corrected chi connectivity index (χ1v) is 9.13. The maximum Gasteiger partial charge on any atom is 0.243 e. The van der Waals surface area contributed by atoms with Gasteiger partial charge in [-0.05, 0) is 43.9 Å². The third kappa shape index (κ3) is 4.20. The number of carbonyl (C=O) groups excluding carboxylic acids is 2. The van der Waals surface area contributed by atoms with E-state index in [1.165, 1.54) is 12.8 Å². The lowest BCUT2D eigenvalue weighted by molar-refractivity contribution is -0.127. The van der Waals surface area contributed by atoms with Crippen molar-refractivity contribution >= 4 is 34.8 Å². The second-order valence-corrected chi connectivity index (χ2v) is 7.01. The fraction of sp³-hybridized carbons (Fsp3) is 0.556. The summed E-state index contributed by atoms with van der Waals surface area (Å²) in [6, 6.07) is 5.57. The Morgan fingerprint density at radius 1 is 1.12 bits per heavy atom. The molecule has 1 heterocycles. The van der Waals surface area contributed by atoms with Crippen LogP contribution in [0.4, 0.5) is 11.4 Å². The van der Waals surface area contributed by atoms with Crippen LogP contribution in [-0.2, 0) is 9.59 Å². The zero-order valence-electron chi connectivity index (χ0n) is 13.8. The Morgan fingerprint density at radius 3 is 2.50 bits per heavy atom. The molecule has 130 valence electrons. The second-order valence-electron chi connectivity index (χ2n) is 6.61. The van der Waals surface area contributed by atoms with Gasteiger partial charge in [-0.1, -0.05) is 24.4 Å². The molecule has 2 amide bonds. The van der Waals surface area contributed by atoms with Crippen molar-refractivity contribution in [2.75, 3.05) is 29.9 Å². The highest BCUT2D eigenvalue weighted by atomic mass is 35.5. The Morgan fingerprint density at radius 2 is 1.83 bits per heavy atom. The van der Waals surface area contributed by atoms with Crippen LogP contribution < -0.4 is 15.5 Å². The summed E-state index contributed by atoms with van der Waals surface area (Å²) in [7, 11) is 0. The number of hydrogen-bond acceptors (Lipinski definition) is 3. The van der Waals surface area contributed by atoms with Crippen molar-refractivity contribution in [3.63, 3.8) is 0 Å². The van der Waals surface area contributed by atoms with Gasteiger partial charge in [0.05, 0.1) is 17.3 Å². The van der Waals surface area contributed by atoms with Gasteiger partial charge in [-0.3, -0.25) is 9.59 Å². The number of amides is 2. The van der Waals surface area contributed by atoms with E-state index in [4.69, 9.17) is 11.6 Å². The standard InChI is InChI=1S/C18H24ClN3O2/c19-15-11-14(7-8-16(15)22-9-3-4-10-22)21-17(23)12-20-18(24)13-5-1-2-6-13/h7-8,11,13H,1-6,9-10,12H2,(H,20,24)(H,21,23). The quantitative estimate of drug-likeness (QED) is 0.858. The molecule has 5 nitrogen and oxygen atoms in total. The molecule has 0 bridgehead atoms. The van der Waals surface area contributed by atoms with Crippen LogP contribution in [-0.4, -0.2) is 31.4 Å². The molecule has 0 aromatic heterocycles. The fourth-order valence-corrected chi connectivity index (χ4v) is 3.80. The molecule has 2 fully saturated rings. The number of hydrogen-bond donors (Lipinski definition) is 2. The number of rotatable bonds is 5. The van der Waals surface area contributed by atoms with E-state index in [-0.39, 0.29) is 24.3 Å². The molecular weight excluding hydrogens is 326 g/mol. The van der Waals surface area contributed by atoms with Gasteiger partial charge in [-0.2, -0.15) is 0 Å². The molecule has 0 radical (unpaired) electrons. The number of carbonyl (C=O) groups is 2. The summed E-state index contributed by atoms with van der Waals surface area (Å²) in [5.41, 5.74) is 1.67. The maximum atomic E-state index is 12.0. The summed E-state index contributed by atoms with van der Waals surface area (Å²) in [5, 5.41) is 6.16. The van der Waals surface area contributed by atoms with Gasteiger partial charge >= 0.3 is 0 Å². The molecule has 2 aliphatic rings. The molecule has 1 aromatic carbocycles. The number of benzene rings is 1. The molecule has 1 aliphatic carbocycles. The average molecular weight is 350 g/mol. The van der Waals surface area contributed by atoms with E-state index < -0.39 is 0 Å². The van der Waals surface area contributed by atoms with E-state index in [9.17, 15) is 9.59 Å². The van der Waals surface area contributed by atoms with E-state index in [0.29, 0.717) is 10.7 Å². The van der Waals surface area contributed by atoms with Gasteiger partial charge in [0.1, 0.15) is 0 Å². The van der Waals surface area contributed by atoms with Crippen molar-refractivity contribution in [3.05, 3.63) is 23.2 Å². The molecule has 24 heavy (non-hydrogen) atoms. The summed E-state index contributed by atoms with van der Waals surface area (Å²) in [6.07, 6.45) is 6.45. The van der Waals surface area contributed by atoms with Gasteiger partial charge in [-0.25, -0.2) is 0 Å². The summed E-state index contributed by atoms with van der Waals surface area (Å²) in [4.78, 5) is 26.2. The minimum absolute atomic E-state index is 0.000822. The van der Waals surface area contributed by atoms with Crippen LogP contribution in [0.3, 0.4) is 0 Å². The highest BCUT2D eigenvalue weighted by Crippen LogP contribution is 2.31. The third-order valence-corrected chi connectivity index (χ3v) is 5.13. The Balaban J connectivity index is 1.50. The number of halogens is 1. The minimum atomic E-state index is -0.230. The number of nitrogens with one attached hydrogen (secondary N) is 2. The molecule has 0 spiro atoms. The van der Waals surface area contributed by atoms with Crippen LogP contribution >= 0.6 is 11.6 Å². The summed E-state index contributed by atoms with van der Waals surface area (Å²) in [5.74, 6) is -0.164. The molecule has 1 aromatic rings. The van der Waals surface area contributed by atoms with Crippen LogP contribution in [0.25, 0.3) is 0 Å². The van der Waals surface area contributed by atoms with Crippen LogP contribution in [0.5, 0.6) is 0 Å². The summed E-state index contributed by atoms with van der Waals surface area (Å²) in [6.45, 7) is 2.05. The molecule has 1 saturated carbocycles. The van der Waals surface area contributed by atoms with Crippen LogP contribution in [0.15, 0.2) is 18.2 Å². The largest absolute Gasteiger partial charge is 0.370 e. The molecule has 3 rings (SSSR count).